The molecule has 1 radical (unpaired) electrons. The van der Waals surface area contributed by atoms with Gasteiger partial charge in [0.2, 0.25) is 0 Å². The third-order valence-electron chi connectivity index (χ3n) is 3.82. The van der Waals surface area contributed by atoms with Gasteiger partial charge in [0.15, 0.2) is 0 Å². The van der Waals surface area contributed by atoms with Crippen LogP contribution in [-0.2, 0) is 0 Å². The predicted octanol–water partition coefficient (Wildman–Crippen LogP) is 1.23. The van der Waals surface area contributed by atoms with Crippen LogP contribution < -0.4 is 11.1 Å². The zero-order valence-electron chi connectivity index (χ0n) is 8.67. The number of rotatable bonds is 1. The molecule has 0 aromatic carbocycles. The van der Waals surface area contributed by atoms with Gasteiger partial charge in [-0.15, -0.1) is 0 Å². The van der Waals surface area contributed by atoms with E-state index < -0.39 is 0 Å². The maximum atomic E-state index is 5.74. The van der Waals surface area contributed by atoms with E-state index in [-0.39, 0.29) is 5.54 Å². The topological polar surface area (TPSA) is 40.1 Å². The summed E-state index contributed by atoms with van der Waals surface area (Å²) in [6.45, 7) is 10.7. The molecule has 1 heterocycles. The summed E-state index contributed by atoms with van der Waals surface area (Å²) in [6, 6.07) is 0. The van der Waals surface area contributed by atoms with Gasteiger partial charge in [-0.2, -0.15) is 0 Å². The smallest absolute Gasteiger partial charge is 0.0478 e. The Bertz CT molecular complexity index is 158. The molecule has 0 aromatic rings. The van der Waals surface area contributed by atoms with Crippen LogP contribution in [0, 0.1) is 17.8 Å². The lowest BCUT2D eigenvalue weighted by atomic mass is 9.70. The van der Waals surface area contributed by atoms with E-state index in [4.69, 9.17) is 5.73 Å². The fraction of sp³-hybridized carbons (Fsp3) is 1.00. The van der Waals surface area contributed by atoms with Gasteiger partial charge in [0.25, 0.3) is 0 Å². The maximum Gasteiger partial charge on any atom is 0.0478 e. The molecule has 1 aliphatic rings. The Balaban J connectivity index is 2.71. The van der Waals surface area contributed by atoms with Gasteiger partial charge >= 0.3 is 0 Å². The average molecular weight is 169 g/mol. The van der Waals surface area contributed by atoms with E-state index in [1.165, 1.54) is 0 Å². The quantitative estimate of drug-likeness (QED) is 0.630. The second-order valence-electron chi connectivity index (χ2n) is 4.53. The molecular formula is C10H21N2. The van der Waals surface area contributed by atoms with Gasteiger partial charge in [-0.1, -0.05) is 20.8 Å². The van der Waals surface area contributed by atoms with Crippen LogP contribution in [0.25, 0.3) is 0 Å². The number of hydrogen-bond acceptors (Lipinski definition) is 1. The standard InChI is InChI=1S/C10H21N2/c1-7-5-12-10(4,6-11)9(3)8(7)2/h7-9H,5-6,11H2,1-4H3/t7?,8?,9-,10?/m1/s1. The Labute approximate surface area is 75.9 Å². The normalized spacial score (nSPS) is 49.2. The van der Waals surface area contributed by atoms with E-state index in [0.717, 1.165) is 18.4 Å². The summed E-state index contributed by atoms with van der Waals surface area (Å²) >= 11 is 0. The van der Waals surface area contributed by atoms with Crippen LogP contribution in [0.3, 0.4) is 0 Å². The molecule has 4 atom stereocenters. The Morgan fingerprint density at radius 1 is 1.42 bits per heavy atom. The highest BCUT2D eigenvalue weighted by atomic mass is 15.0. The van der Waals surface area contributed by atoms with E-state index >= 15 is 0 Å². The molecule has 0 spiro atoms. The zero-order chi connectivity index (χ0) is 9.35. The van der Waals surface area contributed by atoms with Crippen LogP contribution in [-0.4, -0.2) is 18.6 Å². The van der Waals surface area contributed by atoms with E-state index in [0.29, 0.717) is 12.5 Å². The molecule has 1 fully saturated rings. The SMILES string of the molecule is CC1C[N]C(C)(CN)[C@H](C)C1C. The van der Waals surface area contributed by atoms with Gasteiger partial charge in [-0.25, -0.2) is 5.32 Å². The van der Waals surface area contributed by atoms with Crippen molar-refractivity contribution >= 4 is 0 Å². The number of nitrogens with two attached hydrogens (primary N) is 1. The molecule has 12 heavy (non-hydrogen) atoms. The van der Waals surface area contributed by atoms with Gasteiger partial charge in [0, 0.05) is 18.6 Å². The molecule has 1 rings (SSSR count). The first-order chi connectivity index (χ1) is 5.51. The second-order valence-corrected chi connectivity index (χ2v) is 4.53. The van der Waals surface area contributed by atoms with E-state index in [9.17, 15) is 0 Å². The van der Waals surface area contributed by atoms with Gasteiger partial charge < -0.3 is 5.73 Å². The highest BCUT2D eigenvalue weighted by molar-refractivity contribution is 4.96. The second kappa shape index (κ2) is 3.35. The fourth-order valence-corrected chi connectivity index (χ4v) is 1.97. The van der Waals surface area contributed by atoms with Crippen LogP contribution >= 0.6 is 0 Å². The Kier molecular flexibility index (Phi) is 2.79. The average Bonchev–Trinajstić information content (AvgIpc) is 2.09. The molecule has 2 heteroatoms. The molecular weight excluding hydrogens is 148 g/mol. The van der Waals surface area contributed by atoms with Crippen LogP contribution in [0.1, 0.15) is 27.7 Å². The lowest BCUT2D eigenvalue weighted by Crippen LogP contribution is -2.57. The van der Waals surface area contributed by atoms with Gasteiger partial charge in [-0.3, -0.25) is 0 Å². The lowest BCUT2D eigenvalue weighted by molar-refractivity contribution is 0.0917. The van der Waals surface area contributed by atoms with Crippen molar-refractivity contribution in [2.75, 3.05) is 13.1 Å². The molecule has 71 valence electrons. The lowest BCUT2D eigenvalue weighted by Gasteiger charge is -2.45. The Morgan fingerprint density at radius 3 is 2.50 bits per heavy atom. The van der Waals surface area contributed by atoms with Crippen molar-refractivity contribution in [3.05, 3.63) is 0 Å². The summed E-state index contributed by atoms with van der Waals surface area (Å²) in [5.41, 5.74) is 5.78. The molecule has 0 saturated carbocycles. The van der Waals surface area contributed by atoms with Crippen molar-refractivity contribution in [1.82, 2.24) is 5.32 Å². The molecule has 0 aliphatic carbocycles. The molecule has 0 bridgehead atoms. The van der Waals surface area contributed by atoms with Crippen molar-refractivity contribution in [2.24, 2.45) is 23.5 Å². The van der Waals surface area contributed by atoms with Crippen molar-refractivity contribution in [3.8, 4) is 0 Å². The van der Waals surface area contributed by atoms with Crippen LogP contribution in [0.4, 0.5) is 0 Å². The first kappa shape index (κ1) is 10.0. The Hall–Kier alpha value is -0.0800. The number of nitrogens with zero attached hydrogens (tertiary/aromatic N) is 1. The van der Waals surface area contributed by atoms with E-state index in [1.54, 1.807) is 0 Å². The predicted molar refractivity (Wildman–Crippen MR) is 52.0 cm³/mol. The van der Waals surface area contributed by atoms with Crippen molar-refractivity contribution in [2.45, 2.75) is 33.2 Å². The van der Waals surface area contributed by atoms with Crippen LogP contribution in [0.2, 0.25) is 0 Å². The number of piperidine rings is 1. The first-order valence-electron chi connectivity index (χ1n) is 4.90. The summed E-state index contributed by atoms with van der Waals surface area (Å²) in [5, 5.41) is 4.67. The van der Waals surface area contributed by atoms with Gasteiger partial charge in [0.05, 0.1) is 0 Å². The minimum atomic E-state index is 0.0337. The van der Waals surface area contributed by atoms with Crippen LogP contribution in [0.15, 0.2) is 0 Å². The summed E-state index contributed by atoms with van der Waals surface area (Å²) in [5.74, 6) is 2.09. The highest BCUT2D eigenvalue weighted by Gasteiger charge is 2.40. The highest BCUT2D eigenvalue weighted by Crippen LogP contribution is 2.34. The summed E-state index contributed by atoms with van der Waals surface area (Å²) < 4.78 is 0. The van der Waals surface area contributed by atoms with E-state index in [2.05, 4.69) is 33.0 Å². The molecule has 2 N–H and O–H groups in total. The summed E-state index contributed by atoms with van der Waals surface area (Å²) in [4.78, 5) is 0. The molecule has 0 amide bonds. The molecule has 2 nitrogen and oxygen atoms in total. The minimum Gasteiger partial charge on any atom is -0.329 e. The minimum absolute atomic E-state index is 0.0337. The third kappa shape index (κ3) is 1.50. The molecule has 1 saturated heterocycles. The third-order valence-corrected chi connectivity index (χ3v) is 3.82. The van der Waals surface area contributed by atoms with E-state index in [1.807, 2.05) is 0 Å². The zero-order valence-corrected chi connectivity index (χ0v) is 8.67. The Morgan fingerprint density at radius 2 is 2.00 bits per heavy atom. The summed E-state index contributed by atoms with van der Waals surface area (Å²) in [6.07, 6.45) is 0. The monoisotopic (exact) mass is 169 g/mol. The number of hydrogen-bond donors (Lipinski definition) is 1. The summed E-state index contributed by atoms with van der Waals surface area (Å²) in [7, 11) is 0. The fourth-order valence-electron chi connectivity index (χ4n) is 1.97. The van der Waals surface area contributed by atoms with Crippen molar-refractivity contribution in [3.63, 3.8) is 0 Å². The van der Waals surface area contributed by atoms with Crippen LogP contribution in [0.5, 0.6) is 0 Å². The molecule has 1 aliphatic heterocycles. The molecule has 3 unspecified atom stereocenters. The largest absolute Gasteiger partial charge is 0.329 e. The maximum absolute atomic E-state index is 5.74. The van der Waals surface area contributed by atoms with Gasteiger partial charge in [0.1, 0.15) is 0 Å². The first-order valence-corrected chi connectivity index (χ1v) is 4.90. The van der Waals surface area contributed by atoms with Gasteiger partial charge in [-0.05, 0) is 24.7 Å². The van der Waals surface area contributed by atoms with Crippen molar-refractivity contribution < 1.29 is 0 Å². The molecule has 0 aromatic heterocycles. The van der Waals surface area contributed by atoms with Crippen molar-refractivity contribution in [1.29, 1.82) is 0 Å².